The van der Waals surface area contributed by atoms with Gasteiger partial charge in [-0.15, -0.1) is 0 Å². The Morgan fingerprint density at radius 1 is 1.44 bits per heavy atom. The fraction of sp³-hybridized carbons (Fsp3) is 0.222. The molecular formula is C18H17N3O5S. The van der Waals surface area contributed by atoms with E-state index in [1.165, 1.54) is 13.0 Å². The molecule has 1 aliphatic heterocycles. The van der Waals surface area contributed by atoms with Crippen molar-refractivity contribution in [2.24, 2.45) is 0 Å². The fourth-order valence-corrected chi connectivity index (χ4v) is 3.23. The first-order valence-corrected chi connectivity index (χ1v) is 8.83. The molecule has 0 aliphatic carbocycles. The van der Waals surface area contributed by atoms with Gasteiger partial charge in [-0.05, 0) is 26.0 Å². The summed E-state index contributed by atoms with van der Waals surface area (Å²) in [5.74, 6) is -1.47. The lowest BCUT2D eigenvalue weighted by Gasteiger charge is -2.32. The minimum absolute atomic E-state index is 0.0728. The van der Waals surface area contributed by atoms with Crippen LogP contribution in [0.15, 0.2) is 36.9 Å². The number of amides is 2. The lowest BCUT2D eigenvalue weighted by molar-refractivity contribution is -0.143. The Labute approximate surface area is 159 Å². The van der Waals surface area contributed by atoms with E-state index in [-0.39, 0.29) is 16.6 Å². The van der Waals surface area contributed by atoms with Gasteiger partial charge in [0.05, 0.1) is 11.4 Å². The van der Waals surface area contributed by atoms with Gasteiger partial charge >= 0.3 is 5.97 Å². The molecule has 0 saturated heterocycles. The van der Waals surface area contributed by atoms with Crippen LogP contribution in [0.3, 0.4) is 0 Å². The summed E-state index contributed by atoms with van der Waals surface area (Å²) in [6, 6.07) is 6.81. The Morgan fingerprint density at radius 3 is 2.93 bits per heavy atom. The molecule has 27 heavy (non-hydrogen) atoms. The van der Waals surface area contributed by atoms with Gasteiger partial charge in [-0.2, -0.15) is 0 Å². The Morgan fingerprint density at radius 2 is 2.19 bits per heavy atom. The zero-order valence-electron chi connectivity index (χ0n) is 14.7. The summed E-state index contributed by atoms with van der Waals surface area (Å²) in [7, 11) is 0. The maximum absolute atomic E-state index is 12.7. The predicted octanol–water partition coefficient (Wildman–Crippen LogP) is 2.52. The van der Waals surface area contributed by atoms with E-state index in [2.05, 4.69) is 22.2 Å². The van der Waals surface area contributed by atoms with E-state index in [0.29, 0.717) is 17.1 Å². The number of carbonyl (C=O) groups is 3. The fourth-order valence-electron chi connectivity index (χ4n) is 2.37. The normalized spacial score (nSPS) is 17.9. The van der Waals surface area contributed by atoms with E-state index in [1.807, 2.05) is 0 Å². The number of hydrogen-bond acceptors (Lipinski definition) is 7. The molecule has 2 heterocycles. The molecule has 0 spiro atoms. The van der Waals surface area contributed by atoms with Crippen molar-refractivity contribution < 1.29 is 23.9 Å². The van der Waals surface area contributed by atoms with Crippen molar-refractivity contribution in [3.63, 3.8) is 0 Å². The molecular weight excluding hydrogens is 370 g/mol. The third-order valence-corrected chi connectivity index (χ3v) is 4.90. The first-order chi connectivity index (χ1) is 12.8. The number of thiazole rings is 1. The molecule has 1 aromatic carbocycles. The van der Waals surface area contributed by atoms with Crippen LogP contribution in [0.25, 0.3) is 0 Å². The third-order valence-electron chi connectivity index (χ3n) is 3.85. The highest BCUT2D eigenvalue weighted by Gasteiger charge is 2.47. The van der Waals surface area contributed by atoms with Gasteiger partial charge in [0.2, 0.25) is 0 Å². The molecule has 2 N–H and O–H groups in total. The van der Waals surface area contributed by atoms with E-state index >= 15 is 0 Å². The number of benzene rings is 1. The predicted molar refractivity (Wildman–Crippen MR) is 100 cm³/mol. The molecule has 9 heteroatoms. The lowest BCUT2D eigenvalue weighted by Crippen LogP contribution is -2.56. The van der Waals surface area contributed by atoms with Crippen LogP contribution in [0.4, 0.5) is 10.8 Å². The summed E-state index contributed by atoms with van der Waals surface area (Å²) in [4.78, 5) is 41.5. The van der Waals surface area contributed by atoms with Crippen LogP contribution >= 0.6 is 11.3 Å². The second-order valence-corrected chi connectivity index (χ2v) is 6.86. The molecule has 0 saturated carbocycles. The molecule has 0 radical (unpaired) electrons. The van der Waals surface area contributed by atoms with Crippen molar-refractivity contribution in [1.82, 2.24) is 4.98 Å². The van der Waals surface area contributed by atoms with Crippen LogP contribution in [-0.2, 0) is 14.3 Å². The van der Waals surface area contributed by atoms with Crippen LogP contribution in [0.2, 0.25) is 0 Å². The second-order valence-electron chi connectivity index (χ2n) is 5.86. The topological polar surface area (TPSA) is 107 Å². The highest BCUT2D eigenvalue weighted by molar-refractivity contribution is 7.17. The van der Waals surface area contributed by atoms with E-state index in [0.717, 1.165) is 11.3 Å². The second kappa shape index (κ2) is 7.20. The smallest absolute Gasteiger partial charge is 0.350 e. The first-order valence-electron chi connectivity index (χ1n) is 8.01. The van der Waals surface area contributed by atoms with Gasteiger partial charge in [0.1, 0.15) is 17.2 Å². The van der Waals surface area contributed by atoms with Crippen molar-refractivity contribution in [2.45, 2.75) is 19.4 Å². The summed E-state index contributed by atoms with van der Waals surface area (Å²) in [5, 5.41) is 5.36. The molecule has 2 amide bonds. The van der Waals surface area contributed by atoms with Crippen molar-refractivity contribution in [3.8, 4) is 5.75 Å². The van der Waals surface area contributed by atoms with Crippen molar-refractivity contribution in [2.75, 3.05) is 17.2 Å². The Kier molecular flexibility index (Phi) is 4.95. The van der Waals surface area contributed by atoms with E-state index in [1.54, 1.807) is 31.2 Å². The molecule has 8 nitrogen and oxygen atoms in total. The Bertz CT molecular complexity index is 939. The number of ether oxygens (including phenoxy) is 2. The third kappa shape index (κ3) is 3.54. The minimum atomic E-state index is -1.78. The number of carbonyl (C=O) groups excluding carboxylic acids is 3. The van der Waals surface area contributed by atoms with Crippen molar-refractivity contribution in [3.05, 3.63) is 47.5 Å². The highest BCUT2D eigenvalue weighted by Crippen LogP contribution is 2.34. The van der Waals surface area contributed by atoms with Crippen LogP contribution in [0, 0.1) is 6.92 Å². The van der Waals surface area contributed by atoms with Gasteiger partial charge < -0.3 is 14.8 Å². The number of para-hydroxylation sites is 2. The standard InChI is InChI=1S/C18H17N3O5S/c1-4-9-25-14(22)13-10(2)19-17(27-13)21-16(24)18(3)15(23)20-11-7-5-6-8-12(11)26-18/h4-8H,1,9H2,2-3H3,(H,20,23)(H,19,21,24). The van der Waals surface area contributed by atoms with E-state index < -0.39 is 23.4 Å². The number of esters is 1. The quantitative estimate of drug-likeness (QED) is 0.464. The maximum atomic E-state index is 12.7. The van der Waals surface area contributed by atoms with Crippen LogP contribution < -0.4 is 15.4 Å². The van der Waals surface area contributed by atoms with Crippen molar-refractivity contribution in [1.29, 1.82) is 0 Å². The zero-order chi connectivity index (χ0) is 19.6. The van der Waals surface area contributed by atoms with E-state index in [9.17, 15) is 14.4 Å². The molecule has 1 unspecified atom stereocenters. The number of anilines is 2. The Hall–Kier alpha value is -3.20. The molecule has 1 aromatic heterocycles. The number of nitrogens with one attached hydrogen (secondary N) is 2. The number of hydrogen-bond donors (Lipinski definition) is 2. The molecule has 3 rings (SSSR count). The molecule has 0 bridgehead atoms. The summed E-state index contributed by atoms with van der Waals surface area (Å²) in [6.07, 6.45) is 1.45. The maximum Gasteiger partial charge on any atom is 0.350 e. The summed E-state index contributed by atoms with van der Waals surface area (Å²) in [6.45, 7) is 6.54. The van der Waals surface area contributed by atoms with Crippen LogP contribution in [0.1, 0.15) is 22.3 Å². The summed E-state index contributed by atoms with van der Waals surface area (Å²) in [5.41, 5.74) is -0.878. The SMILES string of the molecule is C=CCOC(=O)c1sc(NC(=O)C2(C)Oc3ccccc3NC2=O)nc1C. The van der Waals surface area contributed by atoms with Gasteiger partial charge in [0.15, 0.2) is 5.13 Å². The number of fused-ring (bicyclic) bond motifs is 1. The number of nitrogens with zero attached hydrogens (tertiary/aromatic N) is 1. The van der Waals surface area contributed by atoms with Gasteiger partial charge in [-0.1, -0.05) is 36.1 Å². The average molecular weight is 387 g/mol. The monoisotopic (exact) mass is 387 g/mol. The molecule has 1 atom stereocenters. The van der Waals surface area contributed by atoms with Crippen LogP contribution in [-0.4, -0.2) is 35.0 Å². The largest absolute Gasteiger partial charge is 0.466 e. The van der Waals surface area contributed by atoms with E-state index in [4.69, 9.17) is 9.47 Å². The van der Waals surface area contributed by atoms with Crippen molar-refractivity contribution >= 4 is 39.9 Å². The number of rotatable bonds is 5. The van der Waals surface area contributed by atoms with Gasteiger partial charge in [-0.3, -0.25) is 14.9 Å². The molecule has 1 aliphatic rings. The molecule has 2 aromatic rings. The van der Waals surface area contributed by atoms with Gasteiger partial charge in [-0.25, -0.2) is 9.78 Å². The first kappa shape index (κ1) is 18.6. The van der Waals surface area contributed by atoms with Gasteiger partial charge in [0, 0.05) is 0 Å². The number of aromatic nitrogens is 1. The lowest BCUT2D eigenvalue weighted by atomic mass is 10.0. The van der Waals surface area contributed by atoms with Gasteiger partial charge in [0.25, 0.3) is 17.4 Å². The average Bonchev–Trinajstić information content (AvgIpc) is 3.00. The Balaban J connectivity index is 1.78. The summed E-state index contributed by atoms with van der Waals surface area (Å²) >= 11 is 0.957. The zero-order valence-corrected chi connectivity index (χ0v) is 15.5. The van der Waals surface area contributed by atoms with Crippen LogP contribution in [0.5, 0.6) is 5.75 Å². The highest BCUT2D eigenvalue weighted by atomic mass is 32.1. The molecule has 0 fully saturated rings. The minimum Gasteiger partial charge on any atom is -0.466 e. The number of aryl methyl sites for hydroxylation is 1. The summed E-state index contributed by atoms with van der Waals surface area (Å²) < 4.78 is 10.6. The molecule has 140 valence electrons.